The van der Waals surface area contributed by atoms with E-state index in [0.29, 0.717) is 11.3 Å². The number of ether oxygens (including phenoxy) is 1. The molecule has 1 heterocycles. The molecule has 26 heavy (non-hydrogen) atoms. The van der Waals surface area contributed by atoms with Gasteiger partial charge in [-0.1, -0.05) is 35.3 Å². The zero-order valence-electron chi connectivity index (χ0n) is 14.1. The number of aromatic nitrogens is 2. The van der Waals surface area contributed by atoms with Gasteiger partial charge >= 0.3 is 0 Å². The Morgan fingerprint density at radius 3 is 2.62 bits per heavy atom. The first-order chi connectivity index (χ1) is 12.3. The van der Waals surface area contributed by atoms with Crippen molar-refractivity contribution >= 4 is 33.0 Å². The predicted molar refractivity (Wildman–Crippen MR) is 102 cm³/mol. The summed E-state index contributed by atoms with van der Waals surface area (Å²) in [5, 5.41) is 0.239. The van der Waals surface area contributed by atoms with Gasteiger partial charge in [-0.15, -0.1) is 0 Å². The van der Waals surface area contributed by atoms with Crippen molar-refractivity contribution in [1.29, 1.82) is 0 Å². The standard InChI is InChI=1S/C18H16Cl2N2O3S/c1-12-9-22(11-21-12)15-7-6-13(8-16(15)25-2)10-26(23,24)17-5-3-4-14(19)18(17)20/h3-9,11H,10H2,1-2H3. The van der Waals surface area contributed by atoms with Crippen LogP contribution in [-0.2, 0) is 15.6 Å². The van der Waals surface area contributed by atoms with Gasteiger partial charge in [0, 0.05) is 6.20 Å². The maximum absolute atomic E-state index is 12.7. The summed E-state index contributed by atoms with van der Waals surface area (Å²) in [5.74, 6) is 0.333. The first-order valence-corrected chi connectivity index (χ1v) is 10.1. The van der Waals surface area contributed by atoms with Crippen LogP contribution in [-0.4, -0.2) is 25.1 Å². The Hall–Kier alpha value is -2.02. The second kappa shape index (κ2) is 7.31. The number of rotatable bonds is 5. The van der Waals surface area contributed by atoms with E-state index in [1.165, 1.54) is 13.2 Å². The molecule has 0 fully saturated rings. The number of imidazole rings is 1. The highest BCUT2D eigenvalue weighted by Gasteiger charge is 2.21. The first-order valence-electron chi connectivity index (χ1n) is 7.66. The number of hydrogen-bond acceptors (Lipinski definition) is 4. The van der Waals surface area contributed by atoms with E-state index in [4.69, 9.17) is 27.9 Å². The summed E-state index contributed by atoms with van der Waals surface area (Å²) in [6.45, 7) is 1.89. The third-order valence-electron chi connectivity index (χ3n) is 3.84. The van der Waals surface area contributed by atoms with Crippen molar-refractivity contribution < 1.29 is 13.2 Å². The van der Waals surface area contributed by atoms with Crippen molar-refractivity contribution in [3.8, 4) is 11.4 Å². The van der Waals surface area contributed by atoms with Crippen LogP contribution in [0.5, 0.6) is 5.75 Å². The molecule has 0 saturated carbocycles. The van der Waals surface area contributed by atoms with Crippen LogP contribution in [0.25, 0.3) is 5.69 Å². The SMILES string of the molecule is COc1cc(CS(=O)(=O)c2cccc(Cl)c2Cl)ccc1-n1cnc(C)c1. The van der Waals surface area contributed by atoms with Crippen molar-refractivity contribution in [3.05, 3.63) is 70.2 Å². The van der Waals surface area contributed by atoms with E-state index in [1.54, 1.807) is 36.7 Å². The molecule has 8 heteroatoms. The lowest BCUT2D eigenvalue weighted by Gasteiger charge is -2.12. The second-order valence-electron chi connectivity index (χ2n) is 5.74. The molecule has 3 aromatic rings. The summed E-state index contributed by atoms with van der Waals surface area (Å²) >= 11 is 12.0. The lowest BCUT2D eigenvalue weighted by Crippen LogP contribution is -2.07. The average molecular weight is 411 g/mol. The summed E-state index contributed by atoms with van der Waals surface area (Å²) < 4.78 is 32.7. The quantitative estimate of drug-likeness (QED) is 0.622. The monoisotopic (exact) mass is 410 g/mol. The smallest absolute Gasteiger partial charge is 0.184 e. The van der Waals surface area contributed by atoms with Crippen LogP contribution in [0.1, 0.15) is 11.3 Å². The molecule has 2 aromatic carbocycles. The van der Waals surface area contributed by atoms with Gasteiger partial charge in [0.1, 0.15) is 5.75 Å². The summed E-state index contributed by atoms with van der Waals surface area (Å²) in [4.78, 5) is 4.21. The molecule has 0 radical (unpaired) electrons. The molecule has 1 aromatic heterocycles. The van der Waals surface area contributed by atoms with Gasteiger partial charge in [0.2, 0.25) is 0 Å². The van der Waals surface area contributed by atoms with E-state index in [-0.39, 0.29) is 20.7 Å². The Morgan fingerprint density at radius 2 is 1.96 bits per heavy atom. The molecule has 0 aliphatic heterocycles. The third kappa shape index (κ3) is 3.72. The van der Waals surface area contributed by atoms with Crippen LogP contribution in [0, 0.1) is 6.92 Å². The molecule has 0 aliphatic carbocycles. The van der Waals surface area contributed by atoms with Crippen molar-refractivity contribution in [3.63, 3.8) is 0 Å². The Bertz CT molecular complexity index is 1060. The van der Waals surface area contributed by atoms with Crippen molar-refractivity contribution in [2.75, 3.05) is 7.11 Å². The van der Waals surface area contributed by atoms with Crippen LogP contribution in [0.15, 0.2) is 53.8 Å². The maximum Gasteiger partial charge on any atom is 0.184 e. The second-order valence-corrected chi connectivity index (χ2v) is 8.48. The average Bonchev–Trinajstić information content (AvgIpc) is 3.03. The number of nitrogens with zero attached hydrogens (tertiary/aromatic N) is 2. The van der Waals surface area contributed by atoms with Gasteiger partial charge in [-0.3, -0.25) is 0 Å². The molecule has 0 spiro atoms. The van der Waals surface area contributed by atoms with Gasteiger partial charge in [-0.25, -0.2) is 13.4 Å². The van der Waals surface area contributed by atoms with Gasteiger partial charge in [0.15, 0.2) is 9.84 Å². The van der Waals surface area contributed by atoms with Gasteiger partial charge in [-0.05, 0) is 36.8 Å². The predicted octanol–water partition coefficient (Wildman–Crippen LogP) is 4.47. The number of sulfone groups is 1. The highest BCUT2D eigenvalue weighted by atomic mass is 35.5. The fourth-order valence-corrected chi connectivity index (χ4v) is 4.75. The normalized spacial score (nSPS) is 11.5. The minimum absolute atomic E-state index is 0.0138. The van der Waals surface area contributed by atoms with E-state index >= 15 is 0 Å². The van der Waals surface area contributed by atoms with E-state index in [0.717, 1.165) is 11.4 Å². The van der Waals surface area contributed by atoms with Crippen molar-refractivity contribution in [2.45, 2.75) is 17.6 Å². The lowest BCUT2D eigenvalue weighted by atomic mass is 10.2. The molecule has 5 nitrogen and oxygen atoms in total. The van der Waals surface area contributed by atoms with Crippen LogP contribution in [0.3, 0.4) is 0 Å². The van der Waals surface area contributed by atoms with Gasteiger partial charge < -0.3 is 9.30 Å². The Labute approximate surface area is 162 Å². The fourth-order valence-electron chi connectivity index (χ4n) is 2.60. The van der Waals surface area contributed by atoms with Crippen molar-refractivity contribution in [1.82, 2.24) is 9.55 Å². The molecule has 0 bridgehead atoms. The summed E-state index contributed by atoms with van der Waals surface area (Å²) in [6, 6.07) is 9.79. The third-order valence-corrected chi connectivity index (χ3v) is 6.50. The van der Waals surface area contributed by atoms with Crippen molar-refractivity contribution in [2.24, 2.45) is 0 Å². The zero-order chi connectivity index (χ0) is 18.9. The minimum Gasteiger partial charge on any atom is -0.495 e. The molecule has 0 aliphatic rings. The molecule has 3 rings (SSSR count). The zero-order valence-corrected chi connectivity index (χ0v) is 16.4. The van der Waals surface area contributed by atoms with Crippen LogP contribution >= 0.6 is 23.2 Å². The Balaban J connectivity index is 1.96. The van der Waals surface area contributed by atoms with Gasteiger partial charge in [-0.2, -0.15) is 0 Å². The Kier molecular flexibility index (Phi) is 5.27. The molecular formula is C18H16Cl2N2O3S. The number of hydrogen-bond donors (Lipinski definition) is 0. The van der Waals surface area contributed by atoms with E-state index in [2.05, 4.69) is 4.98 Å². The number of aryl methyl sites for hydroxylation is 1. The molecule has 0 atom stereocenters. The summed E-state index contributed by atoms with van der Waals surface area (Å²) in [7, 11) is -2.12. The summed E-state index contributed by atoms with van der Waals surface area (Å²) in [6.07, 6.45) is 3.54. The first kappa shape index (κ1) is 18.8. The number of halogens is 2. The highest BCUT2D eigenvalue weighted by molar-refractivity contribution is 7.90. The van der Waals surface area contributed by atoms with E-state index < -0.39 is 9.84 Å². The van der Waals surface area contributed by atoms with E-state index in [1.807, 2.05) is 17.7 Å². The van der Waals surface area contributed by atoms with E-state index in [9.17, 15) is 8.42 Å². The highest BCUT2D eigenvalue weighted by Crippen LogP contribution is 2.32. The molecular weight excluding hydrogens is 395 g/mol. The molecule has 0 N–H and O–H groups in total. The molecule has 136 valence electrons. The van der Waals surface area contributed by atoms with Crippen LogP contribution < -0.4 is 4.74 Å². The molecule has 0 amide bonds. The summed E-state index contributed by atoms with van der Waals surface area (Å²) in [5.41, 5.74) is 2.22. The van der Waals surface area contributed by atoms with Crippen LogP contribution in [0.2, 0.25) is 10.0 Å². The topological polar surface area (TPSA) is 61.2 Å². The fraction of sp³-hybridized carbons (Fsp3) is 0.167. The number of benzene rings is 2. The van der Waals surface area contributed by atoms with Gasteiger partial charge in [0.25, 0.3) is 0 Å². The number of methoxy groups -OCH3 is 1. The largest absolute Gasteiger partial charge is 0.495 e. The lowest BCUT2D eigenvalue weighted by molar-refractivity contribution is 0.412. The molecule has 0 saturated heterocycles. The van der Waals surface area contributed by atoms with Gasteiger partial charge in [0.05, 0.1) is 45.5 Å². The maximum atomic E-state index is 12.7. The molecule has 0 unspecified atom stereocenters. The van der Waals surface area contributed by atoms with Crippen LogP contribution in [0.4, 0.5) is 0 Å². The minimum atomic E-state index is -3.66. The Morgan fingerprint density at radius 1 is 1.19 bits per heavy atom.